The van der Waals surface area contributed by atoms with Crippen LogP contribution in [0.4, 0.5) is 0 Å². The van der Waals surface area contributed by atoms with Crippen LogP contribution in [0.2, 0.25) is 0 Å². The number of rotatable bonds is 4. The van der Waals surface area contributed by atoms with Gasteiger partial charge >= 0.3 is 0 Å². The van der Waals surface area contributed by atoms with E-state index in [1.807, 2.05) is 0 Å². The first-order valence-corrected chi connectivity index (χ1v) is 17.7. The summed E-state index contributed by atoms with van der Waals surface area (Å²) in [6.07, 6.45) is 1.01. The molecule has 2 nitrogen and oxygen atoms in total. The zero-order valence-electron chi connectivity index (χ0n) is 27.9. The van der Waals surface area contributed by atoms with E-state index in [9.17, 15) is 0 Å². The van der Waals surface area contributed by atoms with E-state index in [1.54, 1.807) is 0 Å². The Morgan fingerprint density at radius 3 is 1.47 bits per heavy atom. The first-order valence-electron chi connectivity index (χ1n) is 17.7. The van der Waals surface area contributed by atoms with E-state index in [0.29, 0.717) is 0 Å². The van der Waals surface area contributed by atoms with Crippen molar-refractivity contribution in [3.05, 3.63) is 193 Å². The molecule has 0 radical (unpaired) electrons. The summed E-state index contributed by atoms with van der Waals surface area (Å²) in [6, 6.07) is 66.9. The van der Waals surface area contributed by atoms with Gasteiger partial charge in [-0.1, -0.05) is 121 Å². The Kier molecular flexibility index (Phi) is 6.05. The van der Waals surface area contributed by atoms with Gasteiger partial charge in [0.15, 0.2) is 0 Å². The first-order chi connectivity index (χ1) is 25.3. The second-order valence-corrected chi connectivity index (χ2v) is 13.7. The highest BCUT2D eigenvalue weighted by Crippen LogP contribution is 2.43. The number of fused-ring (bicyclic) bond motifs is 9. The Morgan fingerprint density at radius 2 is 0.804 bits per heavy atom. The maximum absolute atomic E-state index is 2.42. The minimum atomic E-state index is 1.01. The third-order valence-corrected chi connectivity index (χ3v) is 10.9. The number of para-hydroxylation sites is 3. The molecule has 10 aromatic rings. The van der Waals surface area contributed by atoms with Crippen molar-refractivity contribution in [1.82, 2.24) is 9.13 Å². The fraction of sp³-hybridized carbons (Fsp3) is 0.0204. The normalized spacial score (nSPS) is 12.2. The molecular weight excluding hydrogens is 617 g/mol. The highest BCUT2D eigenvalue weighted by Gasteiger charge is 2.22. The van der Waals surface area contributed by atoms with E-state index in [0.717, 1.165) is 6.42 Å². The average Bonchev–Trinajstić information content (AvgIpc) is 3.85. The number of nitrogens with zero attached hydrogens (tertiary/aromatic N) is 2. The van der Waals surface area contributed by atoms with E-state index in [4.69, 9.17) is 0 Å². The van der Waals surface area contributed by atoms with E-state index in [2.05, 4.69) is 191 Å². The van der Waals surface area contributed by atoms with Gasteiger partial charge in [-0.25, -0.2) is 0 Å². The molecule has 2 heteroatoms. The summed E-state index contributed by atoms with van der Waals surface area (Å²) >= 11 is 0. The zero-order chi connectivity index (χ0) is 33.5. The lowest BCUT2D eigenvalue weighted by atomic mass is 9.94. The van der Waals surface area contributed by atoms with Crippen LogP contribution in [0.15, 0.2) is 182 Å². The monoisotopic (exact) mass is 648 g/mol. The predicted octanol–water partition coefficient (Wildman–Crippen LogP) is 12.8. The van der Waals surface area contributed by atoms with Crippen LogP contribution in [0.1, 0.15) is 11.1 Å². The molecule has 8 aromatic carbocycles. The third-order valence-electron chi connectivity index (χ3n) is 10.9. The summed E-state index contributed by atoms with van der Waals surface area (Å²) in [7, 11) is 0. The summed E-state index contributed by atoms with van der Waals surface area (Å²) in [6.45, 7) is 0. The van der Waals surface area contributed by atoms with Gasteiger partial charge in [-0.15, -0.1) is 0 Å². The number of hydrogen-bond acceptors (Lipinski definition) is 0. The van der Waals surface area contributed by atoms with Gasteiger partial charge in [0.2, 0.25) is 0 Å². The molecule has 1 aliphatic carbocycles. The Balaban J connectivity index is 1.03. The van der Waals surface area contributed by atoms with Crippen molar-refractivity contribution in [3.63, 3.8) is 0 Å². The molecule has 0 atom stereocenters. The Bertz CT molecular complexity index is 2980. The second kappa shape index (κ2) is 10.9. The number of benzene rings is 8. The van der Waals surface area contributed by atoms with Gasteiger partial charge in [0.05, 0.1) is 22.1 Å². The van der Waals surface area contributed by atoms with E-state index in [-0.39, 0.29) is 0 Å². The van der Waals surface area contributed by atoms with Gasteiger partial charge in [0, 0.05) is 32.9 Å². The van der Waals surface area contributed by atoms with E-state index >= 15 is 0 Å². The highest BCUT2D eigenvalue weighted by molar-refractivity contribution is 6.12. The lowest BCUT2D eigenvalue weighted by Gasteiger charge is -2.13. The van der Waals surface area contributed by atoms with Crippen molar-refractivity contribution in [2.75, 3.05) is 0 Å². The molecular formula is C49H32N2. The van der Waals surface area contributed by atoms with Gasteiger partial charge < -0.3 is 9.13 Å². The molecule has 51 heavy (non-hydrogen) atoms. The molecule has 2 heterocycles. The number of aromatic nitrogens is 2. The van der Waals surface area contributed by atoms with Crippen LogP contribution in [-0.4, -0.2) is 9.13 Å². The Hall–Kier alpha value is -6.64. The van der Waals surface area contributed by atoms with Crippen LogP contribution < -0.4 is 0 Å². The predicted molar refractivity (Wildman–Crippen MR) is 214 cm³/mol. The van der Waals surface area contributed by atoms with E-state index < -0.39 is 0 Å². The summed E-state index contributed by atoms with van der Waals surface area (Å²) in [5.74, 6) is 0. The topological polar surface area (TPSA) is 9.86 Å². The quantitative estimate of drug-likeness (QED) is 0.180. The molecule has 0 saturated carbocycles. The molecule has 0 fully saturated rings. The van der Waals surface area contributed by atoms with Crippen molar-refractivity contribution in [2.24, 2.45) is 0 Å². The SMILES string of the molecule is c1ccc(-n2c3ccccc3c3cc(-c4ccc5c(c4)c4ccccc4n5-c4ccc(-c5cccc6c5-c5ccccc5C6)cc4)ccc32)cc1. The van der Waals surface area contributed by atoms with Gasteiger partial charge in [0.25, 0.3) is 0 Å². The van der Waals surface area contributed by atoms with Crippen LogP contribution in [0.5, 0.6) is 0 Å². The molecule has 0 aliphatic heterocycles. The van der Waals surface area contributed by atoms with Crippen molar-refractivity contribution >= 4 is 43.6 Å². The second-order valence-electron chi connectivity index (χ2n) is 13.7. The third kappa shape index (κ3) is 4.23. The van der Waals surface area contributed by atoms with Crippen molar-refractivity contribution in [1.29, 1.82) is 0 Å². The minimum Gasteiger partial charge on any atom is -0.309 e. The highest BCUT2D eigenvalue weighted by atomic mass is 15.0. The van der Waals surface area contributed by atoms with E-state index in [1.165, 1.54) is 99.5 Å². The van der Waals surface area contributed by atoms with Crippen LogP contribution in [0.25, 0.3) is 88.4 Å². The average molecular weight is 649 g/mol. The number of hydrogen-bond donors (Lipinski definition) is 0. The lowest BCUT2D eigenvalue weighted by Crippen LogP contribution is -1.94. The molecule has 0 N–H and O–H groups in total. The Labute approximate surface area is 296 Å². The van der Waals surface area contributed by atoms with Crippen molar-refractivity contribution in [2.45, 2.75) is 6.42 Å². The largest absolute Gasteiger partial charge is 0.309 e. The summed E-state index contributed by atoms with van der Waals surface area (Å²) in [4.78, 5) is 0. The van der Waals surface area contributed by atoms with Crippen LogP contribution >= 0.6 is 0 Å². The fourth-order valence-corrected chi connectivity index (χ4v) is 8.66. The maximum Gasteiger partial charge on any atom is 0.0541 e. The molecule has 0 amide bonds. The molecule has 0 spiro atoms. The molecule has 0 bridgehead atoms. The van der Waals surface area contributed by atoms with Crippen molar-refractivity contribution < 1.29 is 0 Å². The zero-order valence-corrected chi connectivity index (χ0v) is 27.9. The molecule has 2 aromatic heterocycles. The fourth-order valence-electron chi connectivity index (χ4n) is 8.66. The standard InChI is InChI=1S/C49H32N2/c1-2-13-37(14-3-1)50-45-19-8-6-16-41(45)43-30-33(23-27-47(43)50)34-24-28-48-44(31-34)42-17-7-9-20-46(42)51(48)38-25-21-32(22-26-38)39-18-10-12-36-29-35-11-4-5-15-40(35)49(36)39/h1-28,30-31H,29H2. The molecule has 0 saturated heterocycles. The summed E-state index contributed by atoms with van der Waals surface area (Å²) in [5, 5.41) is 5.06. The van der Waals surface area contributed by atoms with Crippen molar-refractivity contribution in [3.8, 4) is 44.8 Å². The smallest absolute Gasteiger partial charge is 0.0541 e. The lowest BCUT2D eigenvalue weighted by molar-refractivity contribution is 1.18. The summed E-state index contributed by atoms with van der Waals surface area (Å²) < 4.78 is 4.79. The minimum absolute atomic E-state index is 1.01. The van der Waals surface area contributed by atoms with Gasteiger partial charge in [0.1, 0.15) is 0 Å². The molecule has 11 rings (SSSR count). The van der Waals surface area contributed by atoms with Crippen LogP contribution in [0, 0.1) is 0 Å². The molecule has 238 valence electrons. The maximum atomic E-state index is 2.42. The summed E-state index contributed by atoms with van der Waals surface area (Å²) in [5.41, 5.74) is 17.8. The van der Waals surface area contributed by atoms with Gasteiger partial charge in [-0.05, 0) is 112 Å². The Morgan fingerprint density at radius 1 is 0.314 bits per heavy atom. The van der Waals surface area contributed by atoms with Crippen LogP contribution in [-0.2, 0) is 6.42 Å². The van der Waals surface area contributed by atoms with Crippen LogP contribution in [0.3, 0.4) is 0 Å². The molecule has 1 aliphatic rings. The molecule has 0 unspecified atom stereocenters. The van der Waals surface area contributed by atoms with Gasteiger partial charge in [-0.3, -0.25) is 0 Å². The van der Waals surface area contributed by atoms with Gasteiger partial charge in [-0.2, -0.15) is 0 Å². The first kappa shape index (κ1) is 28.2.